The zero-order valence-corrected chi connectivity index (χ0v) is 13.8. The van der Waals surface area contributed by atoms with Gasteiger partial charge in [0.05, 0.1) is 18.4 Å². The van der Waals surface area contributed by atoms with E-state index in [9.17, 15) is 0 Å². The lowest BCUT2D eigenvalue weighted by atomic mass is 10.1. The van der Waals surface area contributed by atoms with Crippen molar-refractivity contribution in [1.29, 1.82) is 0 Å². The maximum atomic E-state index is 5.44. The number of ether oxygens (including phenoxy) is 1. The fraction of sp³-hybridized carbons (Fsp3) is 0.125. The highest BCUT2D eigenvalue weighted by Crippen LogP contribution is 2.27. The van der Waals surface area contributed by atoms with E-state index >= 15 is 0 Å². The summed E-state index contributed by atoms with van der Waals surface area (Å²) in [6.07, 6.45) is 6.47. The molecule has 0 saturated heterocycles. The summed E-state index contributed by atoms with van der Waals surface area (Å²) in [6.45, 7) is 0. The van der Waals surface area contributed by atoms with Crippen LogP contribution in [0.2, 0.25) is 0 Å². The fourth-order valence-electron chi connectivity index (χ4n) is 2.00. The lowest BCUT2D eigenvalue weighted by Crippen LogP contribution is -2.08. The Morgan fingerprint density at radius 2 is 2.29 bits per heavy atom. The van der Waals surface area contributed by atoms with Crippen LogP contribution in [0.1, 0.15) is 11.1 Å². The van der Waals surface area contributed by atoms with Gasteiger partial charge in [-0.1, -0.05) is 6.07 Å². The van der Waals surface area contributed by atoms with E-state index in [-0.39, 0.29) is 0 Å². The maximum Gasteiger partial charge on any atom is 0.139 e. The monoisotopic (exact) mass is 340 g/mol. The summed E-state index contributed by atoms with van der Waals surface area (Å²) in [5, 5.41) is 9.01. The van der Waals surface area contributed by atoms with Crippen LogP contribution in [0.15, 0.2) is 65.4 Å². The minimum atomic E-state index is 0.762. The molecule has 0 unspecified atom stereocenters. The number of thioether (sulfide) groups is 1. The first-order valence-electron chi connectivity index (χ1n) is 7.19. The first kappa shape index (κ1) is 16.0. The molecule has 0 aliphatic carbocycles. The van der Waals surface area contributed by atoms with Crippen LogP contribution in [0, 0.1) is 0 Å². The SMILES string of the molecule is COc1ccc(/C=N/Nn2cncn2)cc1CSc1ccccn1. The summed E-state index contributed by atoms with van der Waals surface area (Å²) in [5.74, 6) is 1.61. The minimum absolute atomic E-state index is 0.762. The summed E-state index contributed by atoms with van der Waals surface area (Å²) in [7, 11) is 1.67. The third-order valence-electron chi connectivity index (χ3n) is 3.11. The highest BCUT2D eigenvalue weighted by molar-refractivity contribution is 7.98. The van der Waals surface area contributed by atoms with Crippen LogP contribution in [0.25, 0.3) is 0 Å². The molecule has 0 saturated carbocycles. The molecule has 3 aromatic rings. The molecule has 0 amide bonds. The van der Waals surface area contributed by atoms with Crippen LogP contribution in [-0.2, 0) is 5.75 Å². The molecule has 1 N–H and O–H groups in total. The van der Waals surface area contributed by atoms with E-state index in [0.29, 0.717) is 0 Å². The first-order chi connectivity index (χ1) is 11.8. The van der Waals surface area contributed by atoms with Crippen molar-refractivity contribution in [3.63, 3.8) is 0 Å². The van der Waals surface area contributed by atoms with E-state index in [4.69, 9.17) is 4.74 Å². The molecule has 0 bridgehead atoms. The summed E-state index contributed by atoms with van der Waals surface area (Å²) < 4.78 is 5.44. The van der Waals surface area contributed by atoms with Crippen molar-refractivity contribution in [1.82, 2.24) is 19.9 Å². The number of nitrogens with one attached hydrogen (secondary N) is 1. The third kappa shape index (κ3) is 4.32. The number of hydrogen-bond donors (Lipinski definition) is 1. The maximum absolute atomic E-state index is 5.44. The Balaban J connectivity index is 1.69. The first-order valence-corrected chi connectivity index (χ1v) is 8.18. The lowest BCUT2D eigenvalue weighted by Gasteiger charge is -2.09. The van der Waals surface area contributed by atoms with Gasteiger partial charge >= 0.3 is 0 Å². The van der Waals surface area contributed by atoms with Gasteiger partial charge in [0.25, 0.3) is 0 Å². The number of benzene rings is 1. The third-order valence-corrected chi connectivity index (χ3v) is 4.10. The second kappa shape index (κ2) is 8.11. The molecule has 0 aliphatic heterocycles. The molecule has 0 radical (unpaired) electrons. The molecule has 0 atom stereocenters. The molecule has 24 heavy (non-hydrogen) atoms. The number of nitrogens with zero attached hydrogens (tertiary/aromatic N) is 5. The van der Waals surface area contributed by atoms with Crippen molar-refractivity contribution in [3.8, 4) is 5.75 Å². The van der Waals surface area contributed by atoms with Gasteiger partial charge in [-0.25, -0.2) is 9.97 Å². The van der Waals surface area contributed by atoms with Gasteiger partial charge in [-0.2, -0.15) is 10.6 Å². The summed E-state index contributed by atoms with van der Waals surface area (Å²) in [4.78, 5) is 9.56. The van der Waals surface area contributed by atoms with Gasteiger partial charge in [-0.05, 0) is 35.9 Å². The van der Waals surface area contributed by atoms with Gasteiger partial charge in [-0.3, -0.25) is 0 Å². The van der Waals surface area contributed by atoms with Crippen LogP contribution in [0.3, 0.4) is 0 Å². The Morgan fingerprint density at radius 3 is 3.04 bits per heavy atom. The predicted molar refractivity (Wildman–Crippen MR) is 93.8 cm³/mol. The number of rotatable bonds is 7. The van der Waals surface area contributed by atoms with Gasteiger partial charge in [0.15, 0.2) is 0 Å². The minimum Gasteiger partial charge on any atom is -0.496 e. The Bertz CT molecular complexity index is 792. The second-order valence-electron chi connectivity index (χ2n) is 4.73. The lowest BCUT2D eigenvalue weighted by molar-refractivity contribution is 0.411. The van der Waals surface area contributed by atoms with E-state index in [1.165, 1.54) is 17.4 Å². The number of aromatic nitrogens is 4. The summed E-state index contributed by atoms with van der Waals surface area (Å²) in [5.41, 5.74) is 4.78. The average molecular weight is 340 g/mol. The van der Waals surface area contributed by atoms with E-state index in [2.05, 4.69) is 25.7 Å². The molecular formula is C16H16N6OS. The molecule has 1 aromatic carbocycles. The molecule has 8 heteroatoms. The number of pyridine rings is 1. The quantitative estimate of drug-likeness (QED) is 0.405. The second-order valence-corrected chi connectivity index (χ2v) is 5.72. The molecule has 2 heterocycles. The van der Waals surface area contributed by atoms with Crippen molar-refractivity contribution in [3.05, 3.63) is 66.4 Å². The highest BCUT2D eigenvalue weighted by atomic mass is 32.2. The topological polar surface area (TPSA) is 77.2 Å². The van der Waals surface area contributed by atoms with Crippen LogP contribution in [-0.4, -0.2) is 33.2 Å². The van der Waals surface area contributed by atoms with Gasteiger partial charge in [-0.15, -0.1) is 21.7 Å². The van der Waals surface area contributed by atoms with E-state index in [0.717, 1.165) is 27.7 Å². The normalized spacial score (nSPS) is 10.9. The van der Waals surface area contributed by atoms with E-state index in [1.807, 2.05) is 36.4 Å². The number of hydrazone groups is 1. The van der Waals surface area contributed by atoms with E-state index in [1.54, 1.807) is 31.3 Å². The van der Waals surface area contributed by atoms with Gasteiger partial charge < -0.3 is 4.74 Å². The Labute approximate surface area is 143 Å². The number of methoxy groups -OCH3 is 1. The summed E-state index contributed by atoms with van der Waals surface area (Å²) in [6, 6.07) is 11.8. The van der Waals surface area contributed by atoms with Crippen LogP contribution < -0.4 is 10.3 Å². The summed E-state index contributed by atoms with van der Waals surface area (Å²) >= 11 is 1.66. The molecule has 0 aliphatic rings. The van der Waals surface area contributed by atoms with Crippen LogP contribution >= 0.6 is 11.8 Å². The molecule has 0 spiro atoms. The molecular weight excluding hydrogens is 324 g/mol. The van der Waals surface area contributed by atoms with Crippen LogP contribution in [0.4, 0.5) is 0 Å². The van der Waals surface area contributed by atoms with Crippen LogP contribution in [0.5, 0.6) is 5.75 Å². The van der Waals surface area contributed by atoms with Gasteiger partial charge in [0, 0.05) is 17.5 Å². The molecule has 122 valence electrons. The molecule has 3 rings (SSSR count). The molecule has 0 fully saturated rings. The van der Waals surface area contributed by atoms with E-state index < -0.39 is 0 Å². The molecule has 2 aromatic heterocycles. The zero-order valence-electron chi connectivity index (χ0n) is 13.0. The Kier molecular flexibility index (Phi) is 5.41. The van der Waals surface area contributed by atoms with Crippen molar-refractivity contribution >= 4 is 18.0 Å². The largest absolute Gasteiger partial charge is 0.496 e. The fourth-order valence-corrected chi connectivity index (χ4v) is 2.84. The zero-order chi connectivity index (χ0) is 16.6. The van der Waals surface area contributed by atoms with Gasteiger partial charge in [0.2, 0.25) is 0 Å². The van der Waals surface area contributed by atoms with Crippen molar-refractivity contribution in [2.45, 2.75) is 10.8 Å². The smallest absolute Gasteiger partial charge is 0.139 e. The van der Waals surface area contributed by atoms with Crippen molar-refractivity contribution in [2.24, 2.45) is 5.10 Å². The Morgan fingerprint density at radius 1 is 1.33 bits per heavy atom. The van der Waals surface area contributed by atoms with Crippen molar-refractivity contribution < 1.29 is 4.74 Å². The highest BCUT2D eigenvalue weighted by Gasteiger charge is 2.05. The predicted octanol–water partition coefficient (Wildman–Crippen LogP) is 2.55. The average Bonchev–Trinajstić information content (AvgIpc) is 3.14. The van der Waals surface area contributed by atoms with Crippen molar-refractivity contribution in [2.75, 3.05) is 12.6 Å². The Hall–Kier alpha value is -2.87. The molecule has 7 nitrogen and oxygen atoms in total. The standard InChI is InChI=1S/C16H16N6OS/c1-23-15-6-5-13(9-19-21-22-12-17-11-20-22)8-14(15)10-24-16-4-2-3-7-18-16/h2-9,11-12,21H,10H2,1H3/b19-9+. The number of hydrogen-bond acceptors (Lipinski definition) is 7. The van der Waals surface area contributed by atoms with Gasteiger partial charge in [0.1, 0.15) is 18.4 Å².